The molecule has 136 valence electrons. The van der Waals surface area contributed by atoms with Gasteiger partial charge in [0.15, 0.2) is 0 Å². The number of carbonyl (C=O) groups excluding carboxylic acids is 1. The number of aliphatic hydroxyl groups excluding tert-OH is 1. The van der Waals surface area contributed by atoms with Crippen LogP contribution in [0.25, 0.3) is 0 Å². The molecule has 0 radical (unpaired) electrons. The van der Waals surface area contributed by atoms with Gasteiger partial charge in [-0.25, -0.2) is 0 Å². The summed E-state index contributed by atoms with van der Waals surface area (Å²) in [6, 6.07) is 0.584. The summed E-state index contributed by atoms with van der Waals surface area (Å²) in [5, 5.41) is 13.9. The lowest BCUT2D eigenvalue weighted by Crippen LogP contribution is -2.44. The van der Waals surface area contributed by atoms with E-state index in [1.165, 1.54) is 19.3 Å². The van der Waals surface area contributed by atoms with Gasteiger partial charge in [-0.2, -0.15) is 0 Å². The Morgan fingerprint density at radius 2 is 2.00 bits per heavy atom. The molecule has 3 aliphatic heterocycles. The molecule has 5 atom stereocenters. The van der Waals surface area contributed by atoms with Crippen LogP contribution in [0, 0.1) is 0 Å². The lowest BCUT2D eigenvalue weighted by atomic mass is 9.93. The summed E-state index contributed by atoms with van der Waals surface area (Å²) in [6.45, 7) is 3.22. The van der Waals surface area contributed by atoms with Crippen LogP contribution in [0.5, 0.6) is 0 Å². The molecular formula is C17H28N2O5. The highest BCUT2D eigenvalue weighted by Crippen LogP contribution is 2.35. The third-order valence-corrected chi connectivity index (χ3v) is 5.76. The molecular weight excluding hydrogens is 312 g/mol. The lowest BCUT2D eigenvalue weighted by Gasteiger charge is -2.29. The predicted molar refractivity (Wildman–Crippen MR) is 85.6 cm³/mol. The first-order chi connectivity index (χ1) is 11.7. The average molecular weight is 340 g/mol. The maximum atomic E-state index is 12.3. The first-order valence-electron chi connectivity index (χ1n) is 9.28. The van der Waals surface area contributed by atoms with E-state index in [1.807, 2.05) is 4.90 Å². The van der Waals surface area contributed by atoms with E-state index in [2.05, 4.69) is 5.32 Å². The van der Waals surface area contributed by atoms with Crippen LogP contribution in [0.2, 0.25) is 0 Å². The van der Waals surface area contributed by atoms with Gasteiger partial charge in [0, 0.05) is 32.1 Å². The number of ether oxygens (including phenoxy) is 3. The molecule has 3 heterocycles. The van der Waals surface area contributed by atoms with Crippen LogP contribution in [-0.2, 0) is 19.0 Å². The molecule has 4 rings (SSSR count). The Morgan fingerprint density at radius 1 is 1.21 bits per heavy atom. The van der Waals surface area contributed by atoms with Gasteiger partial charge >= 0.3 is 0 Å². The van der Waals surface area contributed by atoms with E-state index in [0.717, 1.165) is 0 Å². The van der Waals surface area contributed by atoms with E-state index in [4.69, 9.17) is 14.2 Å². The fraction of sp³-hybridized carbons (Fsp3) is 0.941. The number of nitrogens with one attached hydrogen (secondary N) is 1. The lowest BCUT2D eigenvalue weighted by molar-refractivity contribution is -0.138. The van der Waals surface area contributed by atoms with Gasteiger partial charge in [0.05, 0.1) is 37.9 Å². The molecule has 4 aliphatic rings. The molecule has 0 aromatic heterocycles. The van der Waals surface area contributed by atoms with Crippen LogP contribution < -0.4 is 5.32 Å². The Morgan fingerprint density at radius 3 is 2.67 bits per heavy atom. The van der Waals surface area contributed by atoms with E-state index in [9.17, 15) is 9.90 Å². The summed E-state index contributed by atoms with van der Waals surface area (Å²) in [4.78, 5) is 14.2. The Hall–Kier alpha value is -0.730. The third-order valence-electron chi connectivity index (χ3n) is 5.76. The molecule has 3 saturated heterocycles. The van der Waals surface area contributed by atoms with Gasteiger partial charge in [0.2, 0.25) is 5.91 Å². The number of carbonyl (C=O) groups is 1. The van der Waals surface area contributed by atoms with E-state index in [-0.39, 0.29) is 30.3 Å². The molecule has 7 heteroatoms. The van der Waals surface area contributed by atoms with Crippen molar-refractivity contribution in [2.75, 3.05) is 32.8 Å². The van der Waals surface area contributed by atoms with Gasteiger partial charge in [-0.05, 0) is 12.8 Å². The fourth-order valence-corrected chi connectivity index (χ4v) is 4.04. The Bertz CT molecular complexity index is 452. The summed E-state index contributed by atoms with van der Waals surface area (Å²) in [6.07, 6.45) is 3.46. The van der Waals surface area contributed by atoms with Gasteiger partial charge in [-0.3, -0.25) is 4.79 Å². The van der Waals surface area contributed by atoms with Gasteiger partial charge in [-0.1, -0.05) is 6.42 Å². The molecule has 0 bridgehead atoms. The first kappa shape index (κ1) is 16.7. The minimum Gasteiger partial charge on any atom is -0.388 e. The van der Waals surface area contributed by atoms with E-state index >= 15 is 0 Å². The quantitative estimate of drug-likeness (QED) is 0.713. The number of nitrogens with zero attached hydrogens (tertiary/aromatic N) is 1. The topological polar surface area (TPSA) is 80.3 Å². The zero-order valence-electron chi connectivity index (χ0n) is 14.1. The van der Waals surface area contributed by atoms with E-state index < -0.39 is 6.10 Å². The van der Waals surface area contributed by atoms with Crippen LogP contribution in [0.3, 0.4) is 0 Å². The highest BCUT2D eigenvalue weighted by Gasteiger charge is 2.50. The van der Waals surface area contributed by atoms with Crippen molar-refractivity contribution in [3.05, 3.63) is 0 Å². The van der Waals surface area contributed by atoms with Crippen molar-refractivity contribution in [3.63, 3.8) is 0 Å². The number of fused-ring (bicyclic) bond motifs is 1. The zero-order valence-corrected chi connectivity index (χ0v) is 14.1. The maximum Gasteiger partial charge on any atom is 0.225 e. The second kappa shape index (κ2) is 7.25. The molecule has 0 unspecified atom stereocenters. The van der Waals surface area contributed by atoms with Gasteiger partial charge in [0.1, 0.15) is 12.2 Å². The smallest absolute Gasteiger partial charge is 0.225 e. The number of hydrogen-bond acceptors (Lipinski definition) is 6. The number of rotatable bonds is 5. The van der Waals surface area contributed by atoms with Gasteiger partial charge < -0.3 is 29.5 Å². The van der Waals surface area contributed by atoms with E-state index in [1.54, 1.807) is 0 Å². The zero-order chi connectivity index (χ0) is 16.5. The molecule has 24 heavy (non-hydrogen) atoms. The van der Waals surface area contributed by atoms with E-state index in [0.29, 0.717) is 51.7 Å². The molecule has 2 N–H and O–H groups in total. The van der Waals surface area contributed by atoms with Crippen LogP contribution in [0.1, 0.15) is 32.1 Å². The Kier molecular flexibility index (Phi) is 5.05. The second-order valence-corrected chi connectivity index (χ2v) is 7.40. The van der Waals surface area contributed by atoms with Crippen molar-refractivity contribution < 1.29 is 24.1 Å². The van der Waals surface area contributed by atoms with Crippen molar-refractivity contribution in [1.29, 1.82) is 0 Å². The summed E-state index contributed by atoms with van der Waals surface area (Å²) >= 11 is 0. The van der Waals surface area contributed by atoms with Crippen LogP contribution in [-0.4, -0.2) is 85.3 Å². The Balaban J connectivity index is 1.23. The summed E-state index contributed by atoms with van der Waals surface area (Å²) in [5.41, 5.74) is 0. The number of morpholine rings is 1. The standard InChI is InChI=1S/C17H28N2O5/c20-15(19-4-6-22-7-5-19)9-12-8-13-17(23-12)16(21)14(24-13)10-18-11-2-1-3-11/h11-14,16-18,21H,1-10H2/t12-,13+,14+,16+,17-/m0/s1. The molecule has 0 aromatic carbocycles. The minimum atomic E-state index is -0.605. The van der Waals surface area contributed by atoms with Crippen molar-refractivity contribution in [1.82, 2.24) is 10.2 Å². The minimum absolute atomic E-state index is 0.0873. The fourth-order valence-electron chi connectivity index (χ4n) is 4.04. The molecule has 0 aromatic rings. The van der Waals surface area contributed by atoms with Crippen LogP contribution in [0.4, 0.5) is 0 Å². The number of amides is 1. The molecule has 0 spiro atoms. The summed E-state index contributed by atoms with van der Waals surface area (Å²) < 4.78 is 17.2. The van der Waals surface area contributed by atoms with Crippen molar-refractivity contribution >= 4 is 5.91 Å². The summed E-state index contributed by atoms with van der Waals surface area (Å²) in [7, 11) is 0. The van der Waals surface area contributed by atoms with Crippen LogP contribution >= 0.6 is 0 Å². The number of aliphatic hydroxyl groups is 1. The second-order valence-electron chi connectivity index (χ2n) is 7.40. The highest BCUT2D eigenvalue weighted by molar-refractivity contribution is 5.76. The maximum absolute atomic E-state index is 12.3. The SMILES string of the molecule is O=C(C[C@@H]1C[C@H]2O[C@H](CNC3CCC3)[C@@H](O)[C@H]2O1)N1CCOCC1. The molecule has 7 nitrogen and oxygen atoms in total. The Labute approximate surface area is 142 Å². The predicted octanol–water partition coefficient (Wildman–Crippen LogP) is -0.337. The van der Waals surface area contributed by atoms with Crippen molar-refractivity contribution in [3.8, 4) is 0 Å². The highest BCUT2D eigenvalue weighted by atomic mass is 16.6. The van der Waals surface area contributed by atoms with Crippen molar-refractivity contribution in [2.45, 2.75) is 68.7 Å². The first-order valence-corrected chi connectivity index (χ1v) is 9.28. The van der Waals surface area contributed by atoms with Gasteiger partial charge in [0.25, 0.3) is 0 Å². The molecule has 1 saturated carbocycles. The average Bonchev–Trinajstić information content (AvgIpc) is 3.06. The largest absolute Gasteiger partial charge is 0.388 e. The number of hydrogen-bond donors (Lipinski definition) is 2. The monoisotopic (exact) mass is 340 g/mol. The third kappa shape index (κ3) is 3.46. The van der Waals surface area contributed by atoms with Gasteiger partial charge in [-0.15, -0.1) is 0 Å². The molecule has 1 amide bonds. The molecule has 1 aliphatic carbocycles. The normalized spacial score (nSPS) is 39.7. The molecule has 4 fully saturated rings. The van der Waals surface area contributed by atoms with Crippen molar-refractivity contribution in [2.24, 2.45) is 0 Å². The van der Waals surface area contributed by atoms with Crippen LogP contribution in [0.15, 0.2) is 0 Å². The summed E-state index contributed by atoms with van der Waals surface area (Å²) in [5.74, 6) is 0.112.